The lowest BCUT2D eigenvalue weighted by Gasteiger charge is -2.07. The molecule has 1 aliphatic rings. The molecule has 0 amide bonds. The number of thioether (sulfide) groups is 1. The van der Waals surface area contributed by atoms with Crippen LogP contribution in [0.4, 0.5) is 0 Å². The second-order valence-electron chi connectivity index (χ2n) is 3.06. The van der Waals surface area contributed by atoms with Gasteiger partial charge < -0.3 is 5.11 Å². The van der Waals surface area contributed by atoms with Gasteiger partial charge >= 0.3 is 5.97 Å². The van der Waals surface area contributed by atoms with Crippen LogP contribution in [-0.4, -0.2) is 28.4 Å². The fourth-order valence-electron chi connectivity index (χ4n) is 1.00. The maximum absolute atomic E-state index is 11.4. The van der Waals surface area contributed by atoms with Crippen LogP contribution in [-0.2, 0) is 14.4 Å². The van der Waals surface area contributed by atoms with Gasteiger partial charge in [0, 0.05) is 17.4 Å². The van der Waals surface area contributed by atoms with E-state index in [1.165, 1.54) is 12.2 Å². The third-order valence-corrected chi connectivity index (χ3v) is 2.85. The predicted octanol–water partition coefficient (Wildman–Crippen LogP) is 1.18. The lowest BCUT2D eigenvalue weighted by atomic mass is 10.1. The smallest absolute Gasteiger partial charge is 0.304 e. The molecule has 0 aromatic heterocycles. The minimum absolute atomic E-state index is 0.0217. The van der Waals surface area contributed by atoms with E-state index in [0.29, 0.717) is 16.2 Å². The summed E-state index contributed by atoms with van der Waals surface area (Å²) in [6.07, 6.45) is 2.53. The van der Waals surface area contributed by atoms with E-state index in [-0.39, 0.29) is 18.0 Å². The number of aliphatic carboxylic acids is 1. The monoisotopic (exact) mass is 226 g/mol. The molecule has 0 unspecified atom stereocenters. The van der Waals surface area contributed by atoms with Gasteiger partial charge in [0.2, 0.25) is 0 Å². The van der Waals surface area contributed by atoms with E-state index in [1.54, 1.807) is 6.92 Å². The van der Waals surface area contributed by atoms with Gasteiger partial charge in [-0.25, -0.2) is 0 Å². The highest BCUT2D eigenvalue weighted by molar-refractivity contribution is 8.04. The standard InChI is InChI=1S/C10H10O4S/c1-6-4-8(12)9(5-7(6)11)15-3-2-10(13)14/h4-5H,2-3H2,1H3,(H,13,14). The van der Waals surface area contributed by atoms with Crippen LogP contribution >= 0.6 is 11.8 Å². The van der Waals surface area contributed by atoms with Gasteiger partial charge in [0.25, 0.3) is 0 Å². The predicted molar refractivity (Wildman–Crippen MR) is 56.6 cm³/mol. The molecule has 0 fully saturated rings. The Morgan fingerprint density at radius 2 is 2.00 bits per heavy atom. The van der Waals surface area contributed by atoms with Crippen molar-refractivity contribution in [3.05, 3.63) is 22.6 Å². The molecule has 1 aliphatic carbocycles. The molecule has 80 valence electrons. The van der Waals surface area contributed by atoms with Gasteiger partial charge in [0.05, 0.1) is 11.3 Å². The molecule has 0 bridgehead atoms. The highest BCUT2D eigenvalue weighted by atomic mass is 32.2. The normalized spacial score (nSPS) is 16.1. The molecule has 0 atom stereocenters. The van der Waals surface area contributed by atoms with Gasteiger partial charge in [0.1, 0.15) is 0 Å². The number of carbonyl (C=O) groups excluding carboxylic acids is 2. The summed E-state index contributed by atoms with van der Waals surface area (Å²) in [5.41, 5.74) is 0.419. The Bertz CT molecular complexity index is 379. The summed E-state index contributed by atoms with van der Waals surface area (Å²) in [6, 6.07) is 0. The van der Waals surface area contributed by atoms with Crippen molar-refractivity contribution in [2.45, 2.75) is 13.3 Å². The molecule has 1 N–H and O–H groups in total. The fraction of sp³-hybridized carbons (Fsp3) is 0.300. The van der Waals surface area contributed by atoms with Crippen molar-refractivity contribution in [1.82, 2.24) is 0 Å². The van der Waals surface area contributed by atoms with Gasteiger partial charge in [-0.1, -0.05) is 0 Å². The van der Waals surface area contributed by atoms with Crippen LogP contribution in [0.1, 0.15) is 13.3 Å². The Balaban J connectivity index is 2.57. The second kappa shape index (κ2) is 4.93. The second-order valence-corrected chi connectivity index (χ2v) is 4.19. The number of carboxylic acids is 1. The maximum atomic E-state index is 11.4. The van der Waals surface area contributed by atoms with Gasteiger partial charge in [-0.2, -0.15) is 0 Å². The van der Waals surface area contributed by atoms with Crippen molar-refractivity contribution in [2.75, 3.05) is 5.75 Å². The number of ketones is 2. The Hall–Kier alpha value is -1.36. The molecule has 0 aromatic rings. The van der Waals surface area contributed by atoms with E-state index < -0.39 is 5.97 Å². The average Bonchev–Trinajstić information content (AvgIpc) is 2.13. The first-order valence-electron chi connectivity index (χ1n) is 4.34. The van der Waals surface area contributed by atoms with Crippen molar-refractivity contribution in [2.24, 2.45) is 0 Å². The van der Waals surface area contributed by atoms with Crippen LogP contribution in [0.5, 0.6) is 0 Å². The number of carbonyl (C=O) groups is 3. The van der Waals surface area contributed by atoms with Crippen LogP contribution in [0.3, 0.4) is 0 Å². The first kappa shape index (κ1) is 11.7. The van der Waals surface area contributed by atoms with E-state index >= 15 is 0 Å². The van der Waals surface area contributed by atoms with Gasteiger partial charge in [-0.3, -0.25) is 14.4 Å². The van der Waals surface area contributed by atoms with Crippen LogP contribution in [0.15, 0.2) is 22.6 Å². The minimum atomic E-state index is -0.913. The van der Waals surface area contributed by atoms with Gasteiger partial charge in [0.15, 0.2) is 11.6 Å². The molecule has 4 nitrogen and oxygen atoms in total. The number of hydrogen-bond donors (Lipinski definition) is 1. The first-order valence-corrected chi connectivity index (χ1v) is 5.32. The highest BCUT2D eigenvalue weighted by Crippen LogP contribution is 2.22. The number of rotatable bonds is 4. The number of allylic oxidation sites excluding steroid dienone is 4. The van der Waals surface area contributed by atoms with Crippen LogP contribution in [0.25, 0.3) is 0 Å². The largest absolute Gasteiger partial charge is 0.481 e. The lowest BCUT2D eigenvalue weighted by Crippen LogP contribution is -2.10. The summed E-state index contributed by atoms with van der Waals surface area (Å²) >= 11 is 1.10. The first-order chi connectivity index (χ1) is 7.00. The average molecular weight is 226 g/mol. The Labute approximate surface area is 91.0 Å². The molecule has 0 saturated carbocycles. The molecule has 5 heteroatoms. The Kier molecular flexibility index (Phi) is 3.85. The zero-order valence-corrected chi connectivity index (χ0v) is 8.97. The van der Waals surface area contributed by atoms with E-state index in [0.717, 1.165) is 11.8 Å². The van der Waals surface area contributed by atoms with Crippen molar-refractivity contribution >= 4 is 29.3 Å². The highest BCUT2D eigenvalue weighted by Gasteiger charge is 2.17. The lowest BCUT2D eigenvalue weighted by molar-refractivity contribution is -0.136. The van der Waals surface area contributed by atoms with E-state index in [9.17, 15) is 14.4 Å². The van der Waals surface area contributed by atoms with Crippen LogP contribution in [0, 0.1) is 0 Å². The third-order valence-electron chi connectivity index (χ3n) is 1.81. The summed E-state index contributed by atoms with van der Waals surface area (Å²) in [4.78, 5) is 33.1. The van der Waals surface area contributed by atoms with Crippen LogP contribution < -0.4 is 0 Å². The SMILES string of the molecule is CC1=CC(=O)C(SCCC(=O)O)=CC1=O. The molecule has 0 aromatic carbocycles. The molecule has 0 saturated heterocycles. The van der Waals surface area contributed by atoms with E-state index in [1.807, 2.05) is 0 Å². The topological polar surface area (TPSA) is 71.4 Å². The summed E-state index contributed by atoms with van der Waals surface area (Å²) in [5.74, 6) is -1.02. The maximum Gasteiger partial charge on any atom is 0.304 e. The number of carboxylic acid groups (broad SMARTS) is 1. The molecule has 0 aliphatic heterocycles. The Morgan fingerprint density at radius 1 is 1.33 bits per heavy atom. The molecule has 15 heavy (non-hydrogen) atoms. The zero-order valence-electron chi connectivity index (χ0n) is 8.15. The third kappa shape index (κ3) is 3.36. The summed E-state index contributed by atoms with van der Waals surface area (Å²) in [7, 11) is 0. The summed E-state index contributed by atoms with van der Waals surface area (Å²) < 4.78 is 0. The van der Waals surface area contributed by atoms with Crippen LogP contribution in [0.2, 0.25) is 0 Å². The van der Waals surface area contributed by atoms with E-state index in [4.69, 9.17) is 5.11 Å². The summed E-state index contributed by atoms with van der Waals surface area (Å²) in [5, 5.41) is 8.41. The van der Waals surface area contributed by atoms with Crippen molar-refractivity contribution in [3.8, 4) is 0 Å². The Morgan fingerprint density at radius 3 is 2.60 bits per heavy atom. The molecular weight excluding hydrogens is 216 g/mol. The van der Waals surface area contributed by atoms with Gasteiger partial charge in [-0.15, -0.1) is 11.8 Å². The molecule has 1 rings (SSSR count). The fourth-order valence-corrected chi connectivity index (χ4v) is 1.89. The van der Waals surface area contributed by atoms with Crippen molar-refractivity contribution in [1.29, 1.82) is 0 Å². The quantitative estimate of drug-likeness (QED) is 0.729. The van der Waals surface area contributed by atoms with E-state index in [2.05, 4.69) is 0 Å². The van der Waals surface area contributed by atoms with Crippen molar-refractivity contribution < 1.29 is 19.5 Å². The molecule has 0 spiro atoms. The van der Waals surface area contributed by atoms with Crippen molar-refractivity contribution in [3.63, 3.8) is 0 Å². The minimum Gasteiger partial charge on any atom is -0.481 e. The molecular formula is C10H10O4S. The molecule has 0 heterocycles. The van der Waals surface area contributed by atoms with Gasteiger partial charge in [-0.05, 0) is 13.0 Å². The summed E-state index contributed by atoms with van der Waals surface area (Å²) in [6.45, 7) is 1.58. The number of hydrogen-bond acceptors (Lipinski definition) is 4. The zero-order chi connectivity index (χ0) is 11.4. The molecule has 0 radical (unpaired) electrons.